The number of hydrogen-bond donors (Lipinski definition) is 1. The standard InChI is InChI=1S/C51H32N4OS/c1-3-12-31(13-4-1)49-52-50(32-14-5-2-6-15-32)54-51(53-49)40-18-11-21-45-48(40)41-28-33(23-27-44(41)56-45)34-22-25-38-39-26-24-35(30-47(39)57-46(38)29-34)55-42-19-9-7-16-36(42)37-17-8-10-20-43(37)55/h1-30,51H,(H,52,53,54). The summed E-state index contributed by atoms with van der Waals surface area (Å²) in [5.41, 5.74) is 10.6. The summed E-state index contributed by atoms with van der Waals surface area (Å²) in [5.74, 6) is 1.49. The van der Waals surface area contributed by atoms with Gasteiger partial charge in [0.1, 0.15) is 23.2 Å². The van der Waals surface area contributed by atoms with Crippen molar-refractivity contribution in [2.45, 2.75) is 6.17 Å². The number of hydrogen-bond acceptors (Lipinski definition) is 5. The predicted molar refractivity (Wildman–Crippen MR) is 238 cm³/mol. The summed E-state index contributed by atoms with van der Waals surface area (Å²) < 4.78 is 11.4. The molecule has 0 saturated carbocycles. The zero-order valence-corrected chi connectivity index (χ0v) is 31.4. The van der Waals surface area contributed by atoms with E-state index in [2.05, 4.69) is 149 Å². The molecule has 0 fully saturated rings. The normalized spacial score (nSPS) is 14.5. The number of para-hydroxylation sites is 2. The van der Waals surface area contributed by atoms with Crippen LogP contribution in [0, 0.1) is 0 Å². The molecule has 4 heterocycles. The highest BCUT2D eigenvalue weighted by molar-refractivity contribution is 7.25. The maximum atomic E-state index is 6.50. The van der Waals surface area contributed by atoms with Crippen LogP contribution >= 0.6 is 11.3 Å². The van der Waals surface area contributed by atoms with Gasteiger partial charge < -0.3 is 14.3 Å². The van der Waals surface area contributed by atoms with Crippen molar-refractivity contribution in [3.63, 3.8) is 0 Å². The number of fused-ring (bicyclic) bond motifs is 9. The quantitative estimate of drug-likeness (QED) is 0.191. The summed E-state index contributed by atoms with van der Waals surface area (Å²) in [6.45, 7) is 0. The zero-order chi connectivity index (χ0) is 37.5. The fourth-order valence-corrected chi connectivity index (χ4v) is 9.79. The summed E-state index contributed by atoms with van der Waals surface area (Å²) in [4.78, 5) is 10.2. The van der Waals surface area contributed by atoms with Crippen LogP contribution in [0.3, 0.4) is 0 Å². The third kappa shape index (κ3) is 5.15. The van der Waals surface area contributed by atoms with Gasteiger partial charge in [0.15, 0.2) is 5.84 Å². The Balaban J connectivity index is 0.958. The van der Waals surface area contributed by atoms with Crippen LogP contribution in [-0.4, -0.2) is 16.2 Å². The summed E-state index contributed by atoms with van der Waals surface area (Å²) in [7, 11) is 0. The Morgan fingerprint density at radius 3 is 1.91 bits per heavy atom. The molecule has 5 nitrogen and oxygen atoms in total. The molecule has 0 amide bonds. The van der Waals surface area contributed by atoms with Crippen LogP contribution in [0.1, 0.15) is 22.9 Å². The number of benzene rings is 8. The summed E-state index contributed by atoms with van der Waals surface area (Å²) in [6, 6.07) is 64.4. The third-order valence-electron chi connectivity index (χ3n) is 11.3. The first kappa shape index (κ1) is 32.0. The van der Waals surface area contributed by atoms with Crippen molar-refractivity contribution in [1.82, 2.24) is 9.88 Å². The highest BCUT2D eigenvalue weighted by Gasteiger charge is 2.25. The smallest absolute Gasteiger partial charge is 0.159 e. The Kier molecular flexibility index (Phi) is 7.09. The molecular weight excluding hydrogens is 717 g/mol. The van der Waals surface area contributed by atoms with Crippen molar-refractivity contribution in [3.05, 3.63) is 199 Å². The van der Waals surface area contributed by atoms with Gasteiger partial charge in [0, 0.05) is 64.1 Å². The Morgan fingerprint density at radius 1 is 0.491 bits per heavy atom. The van der Waals surface area contributed by atoms with Gasteiger partial charge in [-0.2, -0.15) is 0 Å². The van der Waals surface area contributed by atoms with Gasteiger partial charge >= 0.3 is 0 Å². The molecule has 0 saturated heterocycles. The van der Waals surface area contributed by atoms with Crippen molar-refractivity contribution in [3.8, 4) is 16.8 Å². The minimum Gasteiger partial charge on any atom is -0.456 e. The van der Waals surface area contributed by atoms with Crippen molar-refractivity contribution in [2.75, 3.05) is 0 Å². The molecule has 0 aliphatic carbocycles. The van der Waals surface area contributed by atoms with E-state index in [1.54, 1.807) is 0 Å². The Morgan fingerprint density at radius 2 is 1.14 bits per heavy atom. The minimum absolute atomic E-state index is 0.372. The number of aliphatic imine (C=N–C) groups is 2. The molecule has 11 aromatic rings. The maximum Gasteiger partial charge on any atom is 0.159 e. The molecule has 1 N–H and O–H groups in total. The lowest BCUT2D eigenvalue weighted by Gasteiger charge is -2.24. The molecule has 1 aliphatic heterocycles. The summed E-state index contributed by atoms with van der Waals surface area (Å²) >= 11 is 1.85. The van der Waals surface area contributed by atoms with E-state index >= 15 is 0 Å². The molecule has 1 aliphatic rings. The van der Waals surface area contributed by atoms with E-state index in [1.165, 1.54) is 53.2 Å². The largest absolute Gasteiger partial charge is 0.456 e. The van der Waals surface area contributed by atoms with Gasteiger partial charge in [0.2, 0.25) is 0 Å². The molecule has 6 heteroatoms. The average Bonchev–Trinajstić information content (AvgIpc) is 3.95. The van der Waals surface area contributed by atoms with E-state index in [0.29, 0.717) is 5.84 Å². The van der Waals surface area contributed by atoms with Crippen LogP contribution < -0.4 is 5.32 Å². The van der Waals surface area contributed by atoms with Crippen molar-refractivity contribution >= 4 is 86.9 Å². The van der Waals surface area contributed by atoms with Crippen molar-refractivity contribution in [2.24, 2.45) is 9.98 Å². The number of amidine groups is 2. The Bertz CT molecular complexity index is 3390. The second-order valence-corrected chi connectivity index (χ2v) is 15.7. The first-order chi connectivity index (χ1) is 28.2. The second kappa shape index (κ2) is 12.6. The maximum absolute atomic E-state index is 6.50. The van der Waals surface area contributed by atoms with Gasteiger partial charge in [0.25, 0.3) is 0 Å². The van der Waals surface area contributed by atoms with Crippen molar-refractivity contribution < 1.29 is 4.42 Å². The Labute approximate surface area is 331 Å². The predicted octanol–water partition coefficient (Wildman–Crippen LogP) is 13.2. The molecule has 1 atom stereocenters. The Hall–Kier alpha value is -7.28. The highest BCUT2D eigenvalue weighted by atomic mass is 32.1. The van der Waals surface area contributed by atoms with Crippen LogP contribution in [-0.2, 0) is 0 Å². The van der Waals surface area contributed by atoms with E-state index in [9.17, 15) is 0 Å². The van der Waals surface area contributed by atoms with Crippen LogP contribution in [0.5, 0.6) is 0 Å². The first-order valence-electron chi connectivity index (χ1n) is 19.2. The van der Waals surface area contributed by atoms with Gasteiger partial charge in [-0.25, -0.2) is 9.98 Å². The van der Waals surface area contributed by atoms with E-state index in [4.69, 9.17) is 14.4 Å². The lowest BCUT2D eigenvalue weighted by molar-refractivity contribution is 0.662. The van der Waals surface area contributed by atoms with Crippen LogP contribution in [0.15, 0.2) is 196 Å². The number of nitrogens with one attached hydrogen (secondary N) is 1. The average molecular weight is 749 g/mol. The number of thiophene rings is 1. The van der Waals surface area contributed by atoms with Gasteiger partial charge in [0.05, 0.1) is 11.0 Å². The number of furan rings is 1. The molecule has 57 heavy (non-hydrogen) atoms. The molecule has 0 radical (unpaired) electrons. The molecule has 268 valence electrons. The summed E-state index contributed by atoms with van der Waals surface area (Å²) in [6.07, 6.45) is -0.372. The fraction of sp³-hybridized carbons (Fsp3) is 0.0196. The third-order valence-corrected chi connectivity index (χ3v) is 12.4. The molecule has 3 aromatic heterocycles. The fourth-order valence-electron chi connectivity index (χ4n) is 8.62. The van der Waals surface area contributed by atoms with E-state index in [1.807, 2.05) is 53.8 Å². The topological polar surface area (TPSA) is 54.8 Å². The van der Waals surface area contributed by atoms with E-state index < -0.39 is 0 Å². The van der Waals surface area contributed by atoms with Crippen LogP contribution in [0.4, 0.5) is 0 Å². The number of rotatable bonds is 5. The second-order valence-electron chi connectivity index (χ2n) is 14.6. The lowest BCUT2D eigenvalue weighted by atomic mass is 9.99. The first-order valence-corrected chi connectivity index (χ1v) is 20.0. The molecule has 8 aromatic carbocycles. The van der Waals surface area contributed by atoms with Gasteiger partial charge in [-0.05, 0) is 59.7 Å². The highest BCUT2D eigenvalue weighted by Crippen LogP contribution is 2.41. The lowest BCUT2D eigenvalue weighted by Crippen LogP contribution is -2.33. The van der Waals surface area contributed by atoms with Crippen LogP contribution in [0.2, 0.25) is 0 Å². The van der Waals surface area contributed by atoms with Gasteiger partial charge in [-0.1, -0.05) is 133 Å². The van der Waals surface area contributed by atoms with Crippen molar-refractivity contribution in [1.29, 1.82) is 0 Å². The molecule has 0 bridgehead atoms. The number of nitrogens with zero attached hydrogens (tertiary/aromatic N) is 3. The monoisotopic (exact) mass is 748 g/mol. The van der Waals surface area contributed by atoms with Gasteiger partial charge in [-0.15, -0.1) is 11.3 Å². The molecular formula is C51H32N4OS. The molecule has 12 rings (SSSR count). The summed E-state index contributed by atoms with van der Waals surface area (Å²) in [5, 5.41) is 10.9. The number of aromatic nitrogens is 1. The van der Waals surface area contributed by atoms with E-state index in [0.717, 1.165) is 50.0 Å². The van der Waals surface area contributed by atoms with E-state index in [-0.39, 0.29) is 6.17 Å². The SMILES string of the molecule is c1ccc(C2=NC(c3cccc4oc5ccc(-c6ccc7c(c6)sc6cc(-n8c9ccccc9c9ccccc98)ccc67)cc5c34)NC(c3ccccc3)=N2)cc1. The molecule has 0 spiro atoms. The zero-order valence-electron chi connectivity index (χ0n) is 30.6. The minimum atomic E-state index is -0.372. The molecule has 1 unspecified atom stereocenters. The van der Waals surface area contributed by atoms with Crippen LogP contribution in [0.25, 0.3) is 80.7 Å². The van der Waals surface area contributed by atoms with Gasteiger partial charge in [-0.3, -0.25) is 0 Å².